The zero-order chi connectivity index (χ0) is 26.0. The van der Waals surface area contributed by atoms with Crippen molar-refractivity contribution in [3.8, 4) is 0 Å². The molecule has 2 fully saturated rings. The van der Waals surface area contributed by atoms with Crippen molar-refractivity contribution in [1.29, 1.82) is 0 Å². The third-order valence-electron chi connectivity index (χ3n) is 6.80. The third-order valence-corrected chi connectivity index (χ3v) is 6.80. The standard InChI is InChI=1S/C24H38FN5O5/c1-22(2,3)35-21(34)26-16(14-23(4)9-6-7-10-23)19(32)28-24(12-15(25)13-24)18(31)20(33)27-17-8-11-30(5)29-17/h8,11,15-16,18,31H,6-7,9-10,12-14H2,1-5H3,(H,26,34)(H,28,32)(H,27,29,33)/t15?,16-,18?,24?/m0/s1. The molecule has 3 rings (SSSR count). The zero-order valence-electron chi connectivity index (χ0n) is 21.2. The molecule has 2 atom stereocenters. The van der Waals surface area contributed by atoms with Crippen LogP contribution in [0.25, 0.3) is 0 Å². The van der Waals surface area contributed by atoms with Crippen LogP contribution in [0.15, 0.2) is 12.3 Å². The smallest absolute Gasteiger partial charge is 0.408 e. The topological polar surface area (TPSA) is 135 Å². The minimum atomic E-state index is -1.70. The van der Waals surface area contributed by atoms with Gasteiger partial charge < -0.3 is 25.8 Å². The van der Waals surface area contributed by atoms with Gasteiger partial charge in [0, 0.05) is 32.2 Å². The van der Waals surface area contributed by atoms with Crippen molar-refractivity contribution in [2.24, 2.45) is 12.5 Å². The fourth-order valence-electron chi connectivity index (χ4n) is 4.97. The summed E-state index contributed by atoms with van der Waals surface area (Å²) >= 11 is 0. The Morgan fingerprint density at radius 3 is 2.40 bits per heavy atom. The van der Waals surface area contributed by atoms with Gasteiger partial charge in [-0.05, 0) is 45.4 Å². The number of nitrogens with one attached hydrogen (secondary N) is 3. The van der Waals surface area contributed by atoms with E-state index in [0.717, 1.165) is 25.7 Å². The molecule has 4 N–H and O–H groups in total. The summed E-state index contributed by atoms with van der Waals surface area (Å²) in [6, 6.07) is 0.590. The molecule has 2 aliphatic carbocycles. The second-order valence-corrected chi connectivity index (χ2v) is 11.3. The molecule has 0 radical (unpaired) electrons. The maximum absolute atomic E-state index is 14.0. The van der Waals surface area contributed by atoms with E-state index in [9.17, 15) is 23.9 Å². The molecule has 2 saturated carbocycles. The lowest BCUT2D eigenvalue weighted by Gasteiger charge is -2.47. The summed E-state index contributed by atoms with van der Waals surface area (Å²) in [5.74, 6) is -1.15. The monoisotopic (exact) mass is 495 g/mol. The predicted molar refractivity (Wildman–Crippen MR) is 127 cm³/mol. The van der Waals surface area contributed by atoms with Crippen LogP contribution in [-0.2, 0) is 21.4 Å². The number of halogens is 1. The van der Waals surface area contributed by atoms with Crippen molar-refractivity contribution < 1.29 is 28.6 Å². The van der Waals surface area contributed by atoms with Crippen LogP contribution in [0.2, 0.25) is 0 Å². The molecular weight excluding hydrogens is 457 g/mol. The van der Waals surface area contributed by atoms with Crippen LogP contribution in [0.5, 0.6) is 0 Å². The molecule has 35 heavy (non-hydrogen) atoms. The van der Waals surface area contributed by atoms with E-state index in [0.29, 0.717) is 6.42 Å². The van der Waals surface area contributed by atoms with E-state index >= 15 is 0 Å². The van der Waals surface area contributed by atoms with Crippen LogP contribution in [-0.4, -0.2) is 62.3 Å². The van der Waals surface area contributed by atoms with E-state index in [4.69, 9.17) is 4.74 Å². The first-order valence-corrected chi connectivity index (χ1v) is 12.1. The average Bonchev–Trinajstić information content (AvgIpc) is 3.31. The van der Waals surface area contributed by atoms with Gasteiger partial charge in [0.2, 0.25) is 5.91 Å². The molecular formula is C24H38FN5O5. The summed E-state index contributed by atoms with van der Waals surface area (Å²) in [6.07, 6.45) is 1.76. The number of aryl methyl sites for hydroxylation is 1. The molecule has 196 valence electrons. The van der Waals surface area contributed by atoms with Crippen molar-refractivity contribution in [2.75, 3.05) is 5.32 Å². The molecule has 1 unspecified atom stereocenters. The van der Waals surface area contributed by atoms with E-state index in [-0.39, 0.29) is 24.1 Å². The Bertz CT molecular complexity index is 931. The summed E-state index contributed by atoms with van der Waals surface area (Å²) in [5, 5.41) is 22.7. The Kier molecular flexibility index (Phi) is 7.78. The van der Waals surface area contributed by atoms with Crippen molar-refractivity contribution in [2.45, 2.75) is 102 Å². The van der Waals surface area contributed by atoms with Gasteiger partial charge in [-0.1, -0.05) is 19.8 Å². The molecule has 11 heteroatoms. The maximum Gasteiger partial charge on any atom is 0.408 e. The summed E-state index contributed by atoms with van der Waals surface area (Å²) in [7, 11) is 1.68. The lowest BCUT2D eigenvalue weighted by Crippen LogP contribution is -2.69. The molecule has 0 aromatic carbocycles. The highest BCUT2D eigenvalue weighted by atomic mass is 19.1. The van der Waals surface area contributed by atoms with Gasteiger partial charge in [0.05, 0.1) is 5.54 Å². The van der Waals surface area contributed by atoms with E-state index in [1.807, 2.05) is 0 Å². The first kappa shape index (κ1) is 26.9. The van der Waals surface area contributed by atoms with Crippen LogP contribution in [0.3, 0.4) is 0 Å². The highest BCUT2D eigenvalue weighted by molar-refractivity contribution is 5.95. The SMILES string of the molecule is Cn1ccc(NC(=O)C(O)C2(NC(=O)[C@H](CC3(C)CCCC3)NC(=O)OC(C)(C)C)CC(F)C2)n1. The lowest BCUT2D eigenvalue weighted by atomic mass is 9.70. The Morgan fingerprint density at radius 1 is 1.26 bits per heavy atom. The van der Waals surface area contributed by atoms with Gasteiger partial charge in [-0.3, -0.25) is 14.3 Å². The van der Waals surface area contributed by atoms with Crippen LogP contribution < -0.4 is 16.0 Å². The lowest BCUT2D eigenvalue weighted by molar-refractivity contribution is -0.140. The van der Waals surface area contributed by atoms with Gasteiger partial charge in [0.15, 0.2) is 11.9 Å². The van der Waals surface area contributed by atoms with Gasteiger partial charge >= 0.3 is 6.09 Å². The van der Waals surface area contributed by atoms with Gasteiger partial charge in [0.25, 0.3) is 5.91 Å². The van der Waals surface area contributed by atoms with E-state index in [1.165, 1.54) is 4.68 Å². The second kappa shape index (κ2) is 10.1. The Morgan fingerprint density at radius 2 is 1.89 bits per heavy atom. The quantitative estimate of drug-likeness (QED) is 0.438. The molecule has 0 saturated heterocycles. The van der Waals surface area contributed by atoms with Crippen LogP contribution in [0, 0.1) is 5.41 Å². The summed E-state index contributed by atoms with van der Waals surface area (Å²) in [5.41, 5.74) is -2.39. The number of aliphatic hydroxyl groups is 1. The zero-order valence-corrected chi connectivity index (χ0v) is 21.2. The number of alkyl carbamates (subject to hydrolysis) is 1. The van der Waals surface area contributed by atoms with Gasteiger partial charge in [-0.25, -0.2) is 9.18 Å². The highest BCUT2D eigenvalue weighted by Crippen LogP contribution is 2.42. The van der Waals surface area contributed by atoms with Gasteiger partial charge in [-0.2, -0.15) is 5.10 Å². The van der Waals surface area contributed by atoms with Gasteiger partial charge in [-0.15, -0.1) is 0 Å². The predicted octanol–water partition coefficient (Wildman–Crippen LogP) is 2.57. The molecule has 1 aromatic rings. The molecule has 3 amide bonds. The molecule has 2 aliphatic rings. The molecule has 1 aromatic heterocycles. The molecule has 0 aliphatic heterocycles. The number of hydrogen-bond donors (Lipinski definition) is 4. The number of anilines is 1. The Hall–Kier alpha value is -2.69. The number of ether oxygens (including phenoxy) is 1. The number of amides is 3. The number of nitrogens with zero attached hydrogens (tertiary/aromatic N) is 2. The number of carbonyl (C=O) groups is 3. The first-order chi connectivity index (χ1) is 16.2. The molecule has 0 bridgehead atoms. The average molecular weight is 496 g/mol. The van der Waals surface area contributed by atoms with Crippen molar-refractivity contribution in [3.05, 3.63) is 12.3 Å². The van der Waals surface area contributed by atoms with E-state index in [2.05, 4.69) is 28.0 Å². The number of hydrogen-bond acceptors (Lipinski definition) is 6. The second-order valence-electron chi connectivity index (χ2n) is 11.3. The largest absolute Gasteiger partial charge is 0.444 e. The normalized spacial score (nSPS) is 25.2. The summed E-state index contributed by atoms with van der Waals surface area (Å²) in [4.78, 5) is 38.6. The van der Waals surface area contributed by atoms with E-state index < -0.39 is 47.4 Å². The minimum absolute atomic E-state index is 0.151. The maximum atomic E-state index is 14.0. The summed E-state index contributed by atoms with van der Waals surface area (Å²) in [6.45, 7) is 7.24. The van der Waals surface area contributed by atoms with Crippen molar-refractivity contribution in [3.63, 3.8) is 0 Å². The van der Waals surface area contributed by atoms with E-state index in [1.54, 1.807) is 40.1 Å². The Balaban J connectivity index is 1.75. The fourth-order valence-corrected chi connectivity index (χ4v) is 4.97. The molecule has 1 heterocycles. The number of aliphatic hydroxyl groups excluding tert-OH is 1. The summed E-state index contributed by atoms with van der Waals surface area (Å²) < 4.78 is 20.8. The van der Waals surface area contributed by atoms with Gasteiger partial charge in [0.1, 0.15) is 17.8 Å². The first-order valence-electron chi connectivity index (χ1n) is 12.1. The third kappa shape index (κ3) is 6.93. The van der Waals surface area contributed by atoms with Crippen LogP contribution >= 0.6 is 0 Å². The Labute approximate surface area is 205 Å². The fraction of sp³-hybridized carbons (Fsp3) is 0.750. The van der Waals surface area contributed by atoms with Crippen molar-refractivity contribution in [1.82, 2.24) is 20.4 Å². The number of carbonyl (C=O) groups excluding carboxylic acids is 3. The molecule has 10 nitrogen and oxygen atoms in total. The number of rotatable bonds is 8. The highest BCUT2D eigenvalue weighted by Gasteiger charge is 2.54. The van der Waals surface area contributed by atoms with Crippen LogP contribution in [0.4, 0.5) is 15.0 Å². The van der Waals surface area contributed by atoms with Crippen LogP contribution in [0.1, 0.15) is 72.6 Å². The minimum Gasteiger partial charge on any atom is -0.444 e. The molecule has 0 spiro atoms. The van der Waals surface area contributed by atoms with Crippen molar-refractivity contribution >= 4 is 23.7 Å². The number of alkyl halides is 1. The number of aromatic nitrogens is 2.